The van der Waals surface area contributed by atoms with Crippen molar-refractivity contribution in [3.05, 3.63) is 35.0 Å². The summed E-state index contributed by atoms with van der Waals surface area (Å²) >= 11 is 6.44. The lowest BCUT2D eigenvalue weighted by molar-refractivity contribution is -0.123. The zero-order valence-electron chi connectivity index (χ0n) is 19.9. The molecule has 9 heteroatoms. The van der Waals surface area contributed by atoms with Crippen LogP contribution in [-0.2, 0) is 11.3 Å². The first-order valence-electron chi connectivity index (χ1n) is 12.4. The molecule has 4 atom stereocenters. The van der Waals surface area contributed by atoms with E-state index in [9.17, 15) is 4.79 Å². The lowest BCUT2D eigenvalue weighted by Crippen LogP contribution is -2.42. The molecule has 182 valence electrons. The Morgan fingerprint density at radius 1 is 1.21 bits per heavy atom. The van der Waals surface area contributed by atoms with Crippen LogP contribution in [0.2, 0.25) is 5.02 Å². The standard InChI is InChI=1S/C25H34ClN7O/c1-3-32-9-10-33(4-2)20-12-18(8-7-17(20)14-32)29-25-28-13-19(26)24(31-25)30-22-16-6-5-15(11-16)21(22)23(27)34/h7-8,12-13,15-16,21-22H,3-6,9-11,14H2,1-2H3,(H2,27,34)(H2,28,29,30,31). The molecule has 34 heavy (non-hydrogen) atoms. The van der Waals surface area contributed by atoms with E-state index in [1.54, 1.807) is 6.20 Å². The van der Waals surface area contributed by atoms with Crippen molar-refractivity contribution >= 4 is 40.6 Å². The Morgan fingerprint density at radius 3 is 2.79 bits per heavy atom. The highest BCUT2D eigenvalue weighted by Gasteiger charge is 2.50. The molecule has 2 aliphatic carbocycles. The van der Waals surface area contributed by atoms with E-state index in [4.69, 9.17) is 17.3 Å². The molecular weight excluding hydrogens is 450 g/mol. The molecule has 4 unspecified atom stereocenters. The van der Waals surface area contributed by atoms with Crippen molar-refractivity contribution in [3.8, 4) is 0 Å². The van der Waals surface area contributed by atoms with Crippen LogP contribution in [0.3, 0.4) is 0 Å². The highest BCUT2D eigenvalue weighted by Crippen LogP contribution is 2.49. The summed E-state index contributed by atoms with van der Waals surface area (Å²) in [7, 11) is 0. The van der Waals surface area contributed by atoms with E-state index < -0.39 is 0 Å². The van der Waals surface area contributed by atoms with Crippen molar-refractivity contribution in [3.63, 3.8) is 0 Å². The van der Waals surface area contributed by atoms with Crippen LogP contribution >= 0.6 is 11.6 Å². The number of anilines is 4. The summed E-state index contributed by atoms with van der Waals surface area (Å²) in [6, 6.07) is 6.43. The van der Waals surface area contributed by atoms with Gasteiger partial charge in [-0.3, -0.25) is 9.69 Å². The van der Waals surface area contributed by atoms with Crippen LogP contribution in [0.5, 0.6) is 0 Å². The fourth-order valence-corrected chi connectivity index (χ4v) is 6.24. The fraction of sp³-hybridized carbons (Fsp3) is 0.560. The molecule has 3 aliphatic rings. The third kappa shape index (κ3) is 4.41. The van der Waals surface area contributed by atoms with Crippen molar-refractivity contribution in [2.45, 2.75) is 45.7 Å². The van der Waals surface area contributed by atoms with E-state index >= 15 is 0 Å². The Kier molecular flexibility index (Phi) is 6.53. The number of hydrogen-bond donors (Lipinski definition) is 3. The first kappa shape index (κ1) is 23.2. The van der Waals surface area contributed by atoms with Crippen LogP contribution in [0.4, 0.5) is 23.1 Å². The maximum atomic E-state index is 12.1. The summed E-state index contributed by atoms with van der Waals surface area (Å²) in [6.45, 7) is 9.44. The number of nitrogens with two attached hydrogens (primary N) is 1. The lowest BCUT2D eigenvalue weighted by Gasteiger charge is -2.30. The minimum Gasteiger partial charge on any atom is -0.370 e. The quantitative estimate of drug-likeness (QED) is 0.550. The van der Waals surface area contributed by atoms with Gasteiger partial charge in [-0.1, -0.05) is 24.6 Å². The number of amides is 1. The molecule has 2 saturated carbocycles. The number of nitrogens with zero attached hydrogens (tertiary/aromatic N) is 4. The highest BCUT2D eigenvalue weighted by atomic mass is 35.5. The van der Waals surface area contributed by atoms with Crippen LogP contribution in [-0.4, -0.2) is 53.0 Å². The van der Waals surface area contributed by atoms with Gasteiger partial charge in [-0.2, -0.15) is 4.98 Å². The fourth-order valence-electron chi connectivity index (χ4n) is 6.09. The van der Waals surface area contributed by atoms with Crippen LogP contribution in [0.1, 0.15) is 38.7 Å². The van der Waals surface area contributed by atoms with Gasteiger partial charge in [-0.25, -0.2) is 4.98 Å². The number of aromatic nitrogens is 2. The molecule has 5 rings (SSSR count). The molecule has 8 nitrogen and oxygen atoms in total. The zero-order valence-corrected chi connectivity index (χ0v) is 20.7. The summed E-state index contributed by atoms with van der Waals surface area (Å²) in [5.41, 5.74) is 9.26. The number of primary amides is 1. The second-order valence-corrected chi connectivity index (χ2v) is 10.1. The number of carbonyl (C=O) groups excluding carboxylic acids is 1. The minimum atomic E-state index is -0.236. The maximum absolute atomic E-state index is 12.1. The van der Waals surface area contributed by atoms with Gasteiger partial charge in [0.1, 0.15) is 5.02 Å². The Balaban J connectivity index is 1.36. The van der Waals surface area contributed by atoms with Crippen molar-refractivity contribution in [2.75, 3.05) is 41.7 Å². The second-order valence-electron chi connectivity index (χ2n) is 9.74. The predicted molar refractivity (Wildman–Crippen MR) is 137 cm³/mol. The van der Waals surface area contributed by atoms with E-state index in [0.717, 1.165) is 57.7 Å². The average Bonchev–Trinajstić information content (AvgIpc) is 3.38. The van der Waals surface area contributed by atoms with E-state index in [1.165, 1.54) is 11.3 Å². The second kappa shape index (κ2) is 9.58. The number of hydrogen-bond acceptors (Lipinski definition) is 7. The van der Waals surface area contributed by atoms with Crippen LogP contribution in [0.25, 0.3) is 0 Å². The number of halogens is 1. The minimum absolute atomic E-state index is 0.0244. The van der Waals surface area contributed by atoms with Gasteiger partial charge in [0.25, 0.3) is 0 Å². The summed E-state index contributed by atoms with van der Waals surface area (Å²) in [5, 5.41) is 7.24. The van der Waals surface area contributed by atoms with Crippen molar-refractivity contribution < 1.29 is 4.79 Å². The number of rotatable bonds is 7. The normalized spacial score (nSPS) is 26.3. The number of nitrogens with one attached hydrogen (secondary N) is 2. The summed E-state index contributed by atoms with van der Waals surface area (Å²) in [5.74, 6) is 1.40. The lowest BCUT2D eigenvalue weighted by atomic mass is 9.84. The molecule has 0 spiro atoms. The maximum Gasteiger partial charge on any atom is 0.229 e. The summed E-state index contributed by atoms with van der Waals surface area (Å²) < 4.78 is 0. The van der Waals surface area contributed by atoms with E-state index in [1.807, 2.05) is 0 Å². The third-order valence-electron chi connectivity index (χ3n) is 7.88. The molecule has 2 fully saturated rings. The van der Waals surface area contributed by atoms with Gasteiger partial charge in [0.05, 0.1) is 12.1 Å². The van der Waals surface area contributed by atoms with E-state index in [2.05, 4.69) is 62.4 Å². The predicted octanol–water partition coefficient (Wildman–Crippen LogP) is 3.85. The highest BCUT2D eigenvalue weighted by molar-refractivity contribution is 6.32. The molecule has 1 amide bonds. The number of fused-ring (bicyclic) bond motifs is 3. The van der Waals surface area contributed by atoms with Gasteiger partial charge < -0.3 is 21.3 Å². The zero-order chi connectivity index (χ0) is 23.8. The molecule has 0 saturated heterocycles. The molecule has 2 aromatic rings. The van der Waals surface area contributed by atoms with Crippen LogP contribution in [0, 0.1) is 17.8 Å². The van der Waals surface area contributed by atoms with Gasteiger partial charge in [0.15, 0.2) is 5.82 Å². The number of benzene rings is 1. The van der Waals surface area contributed by atoms with Crippen molar-refractivity contribution in [1.82, 2.24) is 14.9 Å². The van der Waals surface area contributed by atoms with Crippen LogP contribution < -0.4 is 21.3 Å². The largest absolute Gasteiger partial charge is 0.370 e. The average molecular weight is 484 g/mol. The molecule has 2 heterocycles. The molecule has 2 bridgehead atoms. The van der Waals surface area contributed by atoms with Crippen LogP contribution in [0.15, 0.2) is 24.4 Å². The molecule has 4 N–H and O–H groups in total. The number of carbonyl (C=O) groups is 1. The summed E-state index contributed by atoms with van der Waals surface area (Å²) in [6.07, 6.45) is 4.83. The number of likely N-dealkylation sites (N-methyl/N-ethyl adjacent to an activating group) is 2. The van der Waals surface area contributed by atoms with E-state index in [-0.39, 0.29) is 17.9 Å². The van der Waals surface area contributed by atoms with Gasteiger partial charge in [-0.05, 0) is 62.3 Å². The van der Waals surface area contributed by atoms with Gasteiger partial charge in [0.2, 0.25) is 11.9 Å². The van der Waals surface area contributed by atoms with Crippen molar-refractivity contribution in [1.29, 1.82) is 0 Å². The Labute approximate surface area is 206 Å². The van der Waals surface area contributed by atoms with Gasteiger partial charge in [0, 0.05) is 43.6 Å². The molecule has 0 radical (unpaired) electrons. The molecular formula is C25H34ClN7O. The molecule has 1 aromatic carbocycles. The van der Waals surface area contributed by atoms with Gasteiger partial charge in [-0.15, -0.1) is 0 Å². The molecule has 1 aromatic heterocycles. The Bertz CT molecular complexity index is 1060. The Morgan fingerprint density at radius 2 is 2.03 bits per heavy atom. The monoisotopic (exact) mass is 483 g/mol. The third-order valence-corrected chi connectivity index (χ3v) is 8.16. The Hall–Kier alpha value is -2.58. The smallest absolute Gasteiger partial charge is 0.229 e. The van der Waals surface area contributed by atoms with Gasteiger partial charge >= 0.3 is 0 Å². The summed E-state index contributed by atoms with van der Waals surface area (Å²) in [4.78, 5) is 26.1. The van der Waals surface area contributed by atoms with Crippen molar-refractivity contribution in [2.24, 2.45) is 23.5 Å². The molecule has 1 aliphatic heterocycles. The first-order valence-corrected chi connectivity index (χ1v) is 12.8. The first-order chi connectivity index (χ1) is 16.5. The topological polar surface area (TPSA) is 99.4 Å². The van der Waals surface area contributed by atoms with E-state index in [0.29, 0.717) is 28.6 Å². The SMILES string of the molecule is CCN1CCN(CC)c2cc(Nc3ncc(Cl)c(NC4C5CCC(C5)C4C(N)=O)n3)ccc2C1.